The van der Waals surface area contributed by atoms with Gasteiger partial charge in [-0.15, -0.1) is 0 Å². The van der Waals surface area contributed by atoms with Gasteiger partial charge in [0.05, 0.1) is 11.9 Å². The first kappa shape index (κ1) is 14.4. The second-order valence-corrected chi connectivity index (χ2v) is 11.8. The molecule has 0 aliphatic carbocycles. The fourth-order valence-electron chi connectivity index (χ4n) is 1.59. The third-order valence-electron chi connectivity index (χ3n) is 2.79. The molecule has 0 aromatic carbocycles. The monoisotopic (exact) mass is 298 g/mol. The standard InChI is InChI=1S/C12H19ClN4OSi/c1-9-11(13)16-12-10(15-9)7-14-17(12)8-18-5-6-19(2,3)4/h7H,5-6,8H2,1-4H3. The number of halogens is 1. The van der Waals surface area contributed by atoms with Crippen LogP contribution in [0.3, 0.4) is 0 Å². The molecular weight excluding hydrogens is 280 g/mol. The Kier molecular flexibility index (Phi) is 4.22. The molecule has 7 heteroatoms. The highest BCUT2D eigenvalue weighted by molar-refractivity contribution is 6.76. The number of aryl methyl sites for hydroxylation is 1. The Bertz CT molecular complexity index is 579. The molecule has 0 bridgehead atoms. The quantitative estimate of drug-likeness (QED) is 0.629. The van der Waals surface area contributed by atoms with Crippen molar-refractivity contribution in [2.45, 2.75) is 39.3 Å². The molecule has 2 aromatic rings. The maximum absolute atomic E-state index is 5.99. The number of fused-ring (bicyclic) bond motifs is 1. The van der Waals surface area contributed by atoms with E-state index >= 15 is 0 Å². The van der Waals surface area contributed by atoms with Crippen molar-refractivity contribution in [2.75, 3.05) is 6.61 Å². The molecule has 0 aliphatic rings. The fraction of sp³-hybridized carbons (Fsp3) is 0.583. The predicted octanol–water partition coefficient (Wildman–Crippen LogP) is 3.10. The molecular formula is C12H19ClN4OSi. The van der Waals surface area contributed by atoms with E-state index in [1.165, 1.54) is 0 Å². The number of nitrogens with zero attached hydrogens (tertiary/aromatic N) is 4. The van der Waals surface area contributed by atoms with Crippen LogP contribution in [-0.2, 0) is 11.5 Å². The Morgan fingerprint density at radius 2 is 2.05 bits per heavy atom. The summed E-state index contributed by atoms with van der Waals surface area (Å²) >= 11 is 5.99. The largest absolute Gasteiger partial charge is 0.359 e. The summed E-state index contributed by atoms with van der Waals surface area (Å²) in [6.45, 7) is 9.96. The zero-order valence-corrected chi connectivity index (χ0v) is 13.5. The lowest BCUT2D eigenvalue weighted by molar-refractivity contribution is 0.0813. The first-order valence-electron chi connectivity index (χ1n) is 6.30. The lowest BCUT2D eigenvalue weighted by atomic mass is 10.5. The molecule has 0 N–H and O–H groups in total. The van der Waals surface area contributed by atoms with Gasteiger partial charge in [-0.2, -0.15) is 5.10 Å². The second kappa shape index (κ2) is 5.56. The lowest BCUT2D eigenvalue weighted by Crippen LogP contribution is -2.22. The van der Waals surface area contributed by atoms with Crippen LogP contribution in [0.15, 0.2) is 6.20 Å². The van der Waals surface area contributed by atoms with Crippen molar-refractivity contribution in [1.82, 2.24) is 19.7 Å². The van der Waals surface area contributed by atoms with E-state index in [1.807, 2.05) is 6.92 Å². The number of aromatic nitrogens is 4. The molecule has 2 aromatic heterocycles. The Morgan fingerprint density at radius 1 is 1.32 bits per heavy atom. The number of rotatable bonds is 5. The Hall–Kier alpha value is -0.983. The van der Waals surface area contributed by atoms with Gasteiger partial charge in [0.2, 0.25) is 0 Å². The van der Waals surface area contributed by atoms with E-state index in [-0.39, 0.29) is 0 Å². The molecule has 0 unspecified atom stereocenters. The molecule has 0 atom stereocenters. The summed E-state index contributed by atoms with van der Waals surface area (Å²) in [5.41, 5.74) is 2.13. The van der Waals surface area contributed by atoms with Gasteiger partial charge in [0.25, 0.3) is 0 Å². The van der Waals surface area contributed by atoms with Gasteiger partial charge in [-0.1, -0.05) is 31.2 Å². The molecule has 0 saturated heterocycles. The second-order valence-electron chi connectivity index (χ2n) is 5.80. The predicted molar refractivity (Wildman–Crippen MR) is 79.2 cm³/mol. The van der Waals surface area contributed by atoms with Crippen molar-refractivity contribution in [3.05, 3.63) is 17.0 Å². The average Bonchev–Trinajstić information content (AvgIpc) is 2.67. The summed E-state index contributed by atoms with van der Waals surface area (Å²) in [6.07, 6.45) is 1.69. The number of hydrogen-bond donors (Lipinski definition) is 0. The van der Waals surface area contributed by atoms with Crippen LogP contribution in [0.5, 0.6) is 0 Å². The van der Waals surface area contributed by atoms with Crippen molar-refractivity contribution in [3.63, 3.8) is 0 Å². The van der Waals surface area contributed by atoms with Gasteiger partial charge in [0.15, 0.2) is 10.8 Å². The highest BCUT2D eigenvalue weighted by atomic mass is 35.5. The van der Waals surface area contributed by atoms with Crippen LogP contribution >= 0.6 is 11.6 Å². The smallest absolute Gasteiger partial charge is 0.180 e. The van der Waals surface area contributed by atoms with Crippen molar-refractivity contribution in [3.8, 4) is 0 Å². The normalized spacial score (nSPS) is 12.3. The van der Waals surface area contributed by atoms with Crippen molar-refractivity contribution in [2.24, 2.45) is 0 Å². The molecule has 0 spiro atoms. The van der Waals surface area contributed by atoms with E-state index < -0.39 is 8.07 Å². The average molecular weight is 299 g/mol. The van der Waals surface area contributed by atoms with E-state index in [9.17, 15) is 0 Å². The molecule has 5 nitrogen and oxygen atoms in total. The Balaban J connectivity index is 2.03. The van der Waals surface area contributed by atoms with Crippen molar-refractivity contribution < 1.29 is 4.74 Å². The minimum atomic E-state index is -1.05. The third kappa shape index (κ3) is 3.74. The van der Waals surface area contributed by atoms with Crippen LogP contribution in [0.2, 0.25) is 30.8 Å². The molecule has 2 heterocycles. The number of hydrogen-bond acceptors (Lipinski definition) is 4. The summed E-state index contributed by atoms with van der Waals surface area (Å²) in [4.78, 5) is 8.63. The van der Waals surface area contributed by atoms with Gasteiger partial charge in [-0.25, -0.2) is 14.6 Å². The summed E-state index contributed by atoms with van der Waals surface area (Å²) in [5, 5.41) is 4.64. The molecule has 0 fully saturated rings. The van der Waals surface area contributed by atoms with E-state index in [1.54, 1.807) is 10.9 Å². The summed E-state index contributed by atoms with van der Waals surface area (Å²) < 4.78 is 7.35. The van der Waals surface area contributed by atoms with Gasteiger partial charge in [0.1, 0.15) is 12.2 Å². The SMILES string of the molecule is Cc1nc2cnn(COCC[Si](C)(C)C)c2nc1Cl. The summed E-state index contributed by atoms with van der Waals surface area (Å²) in [5.74, 6) is 0. The van der Waals surface area contributed by atoms with Gasteiger partial charge in [0, 0.05) is 14.7 Å². The number of ether oxygens (including phenoxy) is 1. The van der Waals surface area contributed by atoms with E-state index in [2.05, 4.69) is 34.7 Å². The molecule has 2 rings (SSSR count). The van der Waals surface area contributed by atoms with Crippen molar-refractivity contribution >= 4 is 30.8 Å². The lowest BCUT2D eigenvalue weighted by Gasteiger charge is -2.15. The first-order chi connectivity index (χ1) is 8.87. The molecule has 104 valence electrons. The van der Waals surface area contributed by atoms with E-state index in [0.29, 0.717) is 23.2 Å². The van der Waals surface area contributed by atoms with Gasteiger partial charge in [-0.3, -0.25) is 0 Å². The van der Waals surface area contributed by atoms with E-state index in [0.717, 1.165) is 18.2 Å². The van der Waals surface area contributed by atoms with Crippen molar-refractivity contribution in [1.29, 1.82) is 0 Å². The minimum Gasteiger partial charge on any atom is -0.359 e. The first-order valence-corrected chi connectivity index (χ1v) is 10.4. The minimum absolute atomic E-state index is 0.391. The van der Waals surface area contributed by atoms with Gasteiger partial charge < -0.3 is 4.74 Å². The van der Waals surface area contributed by atoms with Gasteiger partial charge >= 0.3 is 0 Å². The third-order valence-corrected chi connectivity index (χ3v) is 4.86. The molecule has 0 amide bonds. The topological polar surface area (TPSA) is 52.8 Å². The van der Waals surface area contributed by atoms with Crippen LogP contribution in [0.1, 0.15) is 5.69 Å². The van der Waals surface area contributed by atoms with E-state index in [4.69, 9.17) is 16.3 Å². The Morgan fingerprint density at radius 3 is 2.74 bits per heavy atom. The molecule has 0 saturated carbocycles. The van der Waals surface area contributed by atoms with Gasteiger partial charge in [-0.05, 0) is 13.0 Å². The Labute approximate surface area is 119 Å². The summed E-state index contributed by atoms with van der Waals surface area (Å²) in [7, 11) is -1.05. The highest BCUT2D eigenvalue weighted by Crippen LogP contribution is 2.16. The van der Waals surface area contributed by atoms with Crippen LogP contribution in [0.4, 0.5) is 0 Å². The fourth-order valence-corrected chi connectivity index (χ4v) is 2.47. The van der Waals surface area contributed by atoms with Crippen LogP contribution < -0.4 is 0 Å². The van der Waals surface area contributed by atoms with Crippen LogP contribution in [0, 0.1) is 6.92 Å². The molecule has 19 heavy (non-hydrogen) atoms. The zero-order chi connectivity index (χ0) is 14.0. The zero-order valence-electron chi connectivity index (χ0n) is 11.8. The summed E-state index contributed by atoms with van der Waals surface area (Å²) in [6, 6.07) is 1.14. The molecule has 0 aliphatic heterocycles. The highest BCUT2D eigenvalue weighted by Gasteiger charge is 2.13. The van der Waals surface area contributed by atoms with Crippen LogP contribution in [0.25, 0.3) is 11.2 Å². The maximum atomic E-state index is 5.99. The van der Waals surface area contributed by atoms with Crippen LogP contribution in [-0.4, -0.2) is 34.4 Å². The maximum Gasteiger partial charge on any atom is 0.180 e. The molecule has 0 radical (unpaired) electrons.